The maximum atomic E-state index is 12.4. The molecule has 1 amide bonds. The zero-order valence-electron chi connectivity index (χ0n) is 15.1. The van der Waals surface area contributed by atoms with E-state index in [1.165, 1.54) is 0 Å². The zero-order valence-corrected chi connectivity index (χ0v) is 15.1. The quantitative estimate of drug-likeness (QED) is 0.831. The smallest absolute Gasteiger partial charge is 0.269 e. The van der Waals surface area contributed by atoms with E-state index in [4.69, 9.17) is 9.57 Å². The Bertz CT molecular complexity index is 687. The van der Waals surface area contributed by atoms with Crippen LogP contribution in [0.1, 0.15) is 30.7 Å². The number of hydrogen-bond donors (Lipinski definition) is 1. The molecule has 0 aromatic carbocycles. The fraction of sp³-hybridized carbons (Fsp3) is 0.667. The number of amides is 1. The zero-order chi connectivity index (χ0) is 18.0. The van der Waals surface area contributed by atoms with Crippen LogP contribution < -0.4 is 5.32 Å². The summed E-state index contributed by atoms with van der Waals surface area (Å²) in [6, 6.07) is 0. The molecule has 3 aliphatic heterocycles. The van der Waals surface area contributed by atoms with Crippen LogP contribution in [0, 0.1) is 12.8 Å². The Morgan fingerprint density at radius 2 is 2.35 bits per heavy atom. The molecule has 1 spiro atoms. The number of likely N-dealkylation sites (tertiary alicyclic amines) is 1. The topological polar surface area (TPSA) is 88.9 Å². The molecule has 2 atom stereocenters. The first-order valence-corrected chi connectivity index (χ1v) is 9.23. The lowest BCUT2D eigenvalue weighted by Gasteiger charge is -2.23. The average molecular weight is 359 g/mol. The second kappa shape index (κ2) is 7.28. The van der Waals surface area contributed by atoms with Crippen molar-refractivity contribution in [2.45, 2.75) is 38.3 Å². The molecule has 0 radical (unpaired) electrons. The van der Waals surface area contributed by atoms with E-state index in [-0.39, 0.29) is 11.5 Å². The monoisotopic (exact) mass is 359 g/mol. The molecule has 3 aliphatic rings. The van der Waals surface area contributed by atoms with Crippen LogP contribution in [0.5, 0.6) is 0 Å². The first-order chi connectivity index (χ1) is 12.6. The summed E-state index contributed by atoms with van der Waals surface area (Å²) in [5, 5.41) is 6.94. The number of rotatable bonds is 5. The van der Waals surface area contributed by atoms with Gasteiger partial charge in [-0.25, -0.2) is 0 Å². The average Bonchev–Trinajstić information content (AvgIpc) is 3.38. The predicted molar refractivity (Wildman–Crippen MR) is 94.5 cm³/mol. The number of nitrogens with one attached hydrogen (secondary N) is 1. The van der Waals surface area contributed by atoms with Gasteiger partial charge in [-0.05, 0) is 19.3 Å². The fourth-order valence-corrected chi connectivity index (χ4v) is 3.82. The van der Waals surface area contributed by atoms with Gasteiger partial charge in [-0.3, -0.25) is 19.7 Å². The van der Waals surface area contributed by atoms with Crippen molar-refractivity contribution < 1.29 is 14.4 Å². The molecule has 1 aromatic rings. The summed E-state index contributed by atoms with van der Waals surface area (Å²) < 4.78 is 5.46. The standard InChI is InChI=1S/C18H25N5O3/c1-13-7-20-15(8-19-13)9-21-17(24)16-6-18(26-22-16)3-4-23(12-18)10-14-2-5-25-11-14/h7-8,14H,2-6,9-12H2,1H3,(H,21,24)/t14-,18-/m1/s1. The minimum absolute atomic E-state index is 0.188. The minimum Gasteiger partial charge on any atom is -0.387 e. The molecule has 1 N–H and O–H groups in total. The molecule has 0 bridgehead atoms. The summed E-state index contributed by atoms with van der Waals surface area (Å²) in [5.74, 6) is 0.428. The summed E-state index contributed by atoms with van der Waals surface area (Å²) in [4.78, 5) is 28.9. The summed E-state index contributed by atoms with van der Waals surface area (Å²) in [7, 11) is 0. The van der Waals surface area contributed by atoms with Crippen LogP contribution in [0.3, 0.4) is 0 Å². The minimum atomic E-state index is -0.338. The van der Waals surface area contributed by atoms with Crippen LogP contribution in [0.15, 0.2) is 17.5 Å². The van der Waals surface area contributed by atoms with Crippen LogP contribution >= 0.6 is 0 Å². The van der Waals surface area contributed by atoms with Crippen LogP contribution in [0.4, 0.5) is 0 Å². The molecule has 2 fully saturated rings. The van der Waals surface area contributed by atoms with Gasteiger partial charge in [0.25, 0.3) is 5.91 Å². The van der Waals surface area contributed by atoms with Gasteiger partial charge < -0.3 is 14.9 Å². The van der Waals surface area contributed by atoms with Gasteiger partial charge >= 0.3 is 0 Å². The largest absolute Gasteiger partial charge is 0.387 e. The van der Waals surface area contributed by atoms with Gasteiger partial charge in [-0.2, -0.15) is 0 Å². The lowest BCUT2D eigenvalue weighted by molar-refractivity contribution is -0.115. The Morgan fingerprint density at radius 1 is 1.42 bits per heavy atom. The van der Waals surface area contributed by atoms with E-state index in [1.54, 1.807) is 12.4 Å². The van der Waals surface area contributed by atoms with Crippen molar-refractivity contribution in [3.05, 3.63) is 23.8 Å². The Hall–Kier alpha value is -2.06. The number of ether oxygens (including phenoxy) is 1. The van der Waals surface area contributed by atoms with E-state index in [9.17, 15) is 4.79 Å². The molecular formula is C18H25N5O3. The van der Waals surface area contributed by atoms with E-state index in [1.807, 2.05) is 6.92 Å². The van der Waals surface area contributed by atoms with Gasteiger partial charge in [0, 0.05) is 45.3 Å². The van der Waals surface area contributed by atoms with E-state index in [0.717, 1.165) is 57.1 Å². The maximum Gasteiger partial charge on any atom is 0.269 e. The number of carbonyl (C=O) groups excluding carboxylic acids is 1. The van der Waals surface area contributed by atoms with Gasteiger partial charge in [0.05, 0.1) is 30.7 Å². The van der Waals surface area contributed by atoms with E-state index in [0.29, 0.717) is 24.6 Å². The van der Waals surface area contributed by atoms with Crippen molar-refractivity contribution in [3.63, 3.8) is 0 Å². The molecule has 4 heterocycles. The summed E-state index contributed by atoms with van der Waals surface area (Å²) >= 11 is 0. The second-order valence-electron chi connectivity index (χ2n) is 7.54. The van der Waals surface area contributed by atoms with Crippen LogP contribution in [0.2, 0.25) is 0 Å². The Balaban J connectivity index is 1.26. The molecular weight excluding hydrogens is 334 g/mol. The molecule has 26 heavy (non-hydrogen) atoms. The van der Waals surface area contributed by atoms with E-state index in [2.05, 4.69) is 25.3 Å². The first-order valence-electron chi connectivity index (χ1n) is 9.23. The predicted octanol–water partition coefficient (Wildman–Crippen LogP) is 0.659. The highest BCUT2D eigenvalue weighted by molar-refractivity contribution is 6.39. The number of carbonyl (C=O) groups is 1. The highest BCUT2D eigenvalue weighted by Crippen LogP contribution is 2.34. The molecule has 0 unspecified atom stereocenters. The van der Waals surface area contributed by atoms with Crippen molar-refractivity contribution in [2.24, 2.45) is 11.1 Å². The Kier molecular flexibility index (Phi) is 4.86. The number of aromatic nitrogens is 2. The third-order valence-electron chi connectivity index (χ3n) is 5.30. The Morgan fingerprint density at radius 3 is 3.12 bits per heavy atom. The molecule has 1 aromatic heterocycles. The van der Waals surface area contributed by atoms with E-state index >= 15 is 0 Å². The fourth-order valence-electron chi connectivity index (χ4n) is 3.82. The van der Waals surface area contributed by atoms with Crippen LogP contribution in [-0.2, 0) is 20.9 Å². The highest BCUT2D eigenvalue weighted by atomic mass is 16.7. The van der Waals surface area contributed by atoms with Crippen molar-refractivity contribution in [3.8, 4) is 0 Å². The van der Waals surface area contributed by atoms with Crippen LogP contribution in [-0.4, -0.2) is 64.9 Å². The third kappa shape index (κ3) is 3.86. The van der Waals surface area contributed by atoms with Crippen molar-refractivity contribution in [2.75, 3.05) is 32.8 Å². The maximum absolute atomic E-state index is 12.4. The van der Waals surface area contributed by atoms with Crippen molar-refractivity contribution >= 4 is 11.6 Å². The highest BCUT2D eigenvalue weighted by Gasteiger charge is 2.46. The number of oxime groups is 1. The molecule has 2 saturated heterocycles. The van der Waals surface area contributed by atoms with Gasteiger partial charge in [-0.1, -0.05) is 5.16 Å². The molecule has 8 nitrogen and oxygen atoms in total. The first kappa shape index (κ1) is 17.4. The summed E-state index contributed by atoms with van der Waals surface area (Å²) in [5.41, 5.74) is 1.71. The van der Waals surface area contributed by atoms with Gasteiger partial charge in [0.2, 0.25) is 0 Å². The molecule has 0 aliphatic carbocycles. The van der Waals surface area contributed by atoms with E-state index < -0.39 is 0 Å². The third-order valence-corrected chi connectivity index (χ3v) is 5.30. The van der Waals surface area contributed by atoms with Gasteiger partial charge in [-0.15, -0.1) is 0 Å². The normalized spacial score (nSPS) is 28.3. The molecule has 0 saturated carbocycles. The van der Waals surface area contributed by atoms with Crippen molar-refractivity contribution in [1.82, 2.24) is 20.2 Å². The molecule has 140 valence electrons. The second-order valence-corrected chi connectivity index (χ2v) is 7.54. The Labute approximate surface area is 153 Å². The van der Waals surface area contributed by atoms with Crippen LogP contribution in [0.25, 0.3) is 0 Å². The van der Waals surface area contributed by atoms with Crippen molar-refractivity contribution in [1.29, 1.82) is 0 Å². The lowest BCUT2D eigenvalue weighted by atomic mass is 9.96. The molecule has 8 heteroatoms. The number of nitrogens with zero attached hydrogens (tertiary/aromatic N) is 4. The summed E-state index contributed by atoms with van der Waals surface area (Å²) in [6.07, 6.45) is 5.97. The SMILES string of the molecule is Cc1cnc(CNC(=O)C2=NO[C@]3(CCN(C[C@H]4CCOC4)C3)C2)cn1. The lowest BCUT2D eigenvalue weighted by Crippen LogP contribution is -2.38. The number of aryl methyl sites for hydroxylation is 1. The molecule has 4 rings (SSSR count). The number of hydrogen-bond acceptors (Lipinski definition) is 7. The summed E-state index contributed by atoms with van der Waals surface area (Å²) in [6.45, 7) is 6.80. The van der Waals surface area contributed by atoms with Gasteiger partial charge in [0.15, 0.2) is 5.60 Å². The van der Waals surface area contributed by atoms with Gasteiger partial charge in [0.1, 0.15) is 5.71 Å².